The van der Waals surface area contributed by atoms with Gasteiger partial charge in [0.25, 0.3) is 0 Å². The number of anilines is 1. The number of rotatable bonds is 3. The van der Waals surface area contributed by atoms with Gasteiger partial charge in [-0.3, -0.25) is 0 Å². The molecule has 1 aromatic carbocycles. The highest BCUT2D eigenvalue weighted by Crippen LogP contribution is 2.24. The standard InChI is InChI=1S/C15H22ClN3S/c1-11-5-3-7-13(14(11)16)18-15(20)17-9-12-6-4-8-19(2)10-12/h3,5,7,12H,4,6,8-10H2,1-2H3,(H2,17,18,20)/t12-/m0/s1. The number of piperidine rings is 1. The lowest BCUT2D eigenvalue weighted by Gasteiger charge is -2.30. The minimum absolute atomic E-state index is 0.644. The first-order valence-electron chi connectivity index (χ1n) is 7.05. The van der Waals surface area contributed by atoms with Crippen LogP contribution >= 0.6 is 23.8 Å². The van der Waals surface area contributed by atoms with Gasteiger partial charge in [-0.1, -0.05) is 23.7 Å². The zero-order valence-corrected chi connectivity index (χ0v) is 13.7. The Hall–Kier alpha value is -0.840. The maximum atomic E-state index is 6.25. The lowest BCUT2D eigenvalue weighted by atomic mass is 9.99. The molecule has 1 aliphatic rings. The summed E-state index contributed by atoms with van der Waals surface area (Å²) in [5, 5.41) is 7.85. The number of likely N-dealkylation sites (tertiary alicyclic amines) is 1. The van der Waals surface area contributed by atoms with Crippen molar-refractivity contribution in [3.8, 4) is 0 Å². The maximum absolute atomic E-state index is 6.25. The van der Waals surface area contributed by atoms with Crippen molar-refractivity contribution in [2.45, 2.75) is 19.8 Å². The Bertz CT molecular complexity index is 478. The highest BCUT2D eigenvalue weighted by Gasteiger charge is 2.17. The summed E-state index contributed by atoms with van der Waals surface area (Å²) in [6.45, 7) is 5.25. The van der Waals surface area contributed by atoms with Crippen molar-refractivity contribution in [3.05, 3.63) is 28.8 Å². The van der Waals surface area contributed by atoms with E-state index in [0.29, 0.717) is 11.0 Å². The quantitative estimate of drug-likeness (QED) is 0.838. The summed E-state index contributed by atoms with van der Waals surface area (Å²) in [6.07, 6.45) is 2.54. The number of thiocarbonyl (C=S) groups is 1. The highest BCUT2D eigenvalue weighted by atomic mass is 35.5. The minimum Gasteiger partial charge on any atom is -0.362 e. The summed E-state index contributed by atoms with van der Waals surface area (Å²) >= 11 is 11.6. The van der Waals surface area contributed by atoms with E-state index in [9.17, 15) is 0 Å². The third kappa shape index (κ3) is 4.33. The second-order valence-electron chi connectivity index (χ2n) is 5.54. The molecular weight excluding hydrogens is 290 g/mol. The Morgan fingerprint density at radius 3 is 3.05 bits per heavy atom. The summed E-state index contributed by atoms with van der Waals surface area (Å²) < 4.78 is 0. The smallest absolute Gasteiger partial charge is 0.170 e. The largest absolute Gasteiger partial charge is 0.362 e. The number of hydrogen-bond donors (Lipinski definition) is 2. The summed E-state index contributed by atoms with van der Waals surface area (Å²) in [4.78, 5) is 2.38. The van der Waals surface area contributed by atoms with Crippen LogP contribution in [0.2, 0.25) is 5.02 Å². The Morgan fingerprint density at radius 1 is 1.50 bits per heavy atom. The number of halogens is 1. The van der Waals surface area contributed by atoms with E-state index in [4.69, 9.17) is 23.8 Å². The minimum atomic E-state index is 0.644. The second-order valence-corrected chi connectivity index (χ2v) is 6.33. The van der Waals surface area contributed by atoms with Gasteiger partial charge in [0.2, 0.25) is 0 Å². The molecule has 1 atom stereocenters. The predicted octanol–water partition coefficient (Wildman–Crippen LogP) is 3.28. The maximum Gasteiger partial charge on any atom is 0.170 e. The average Bonchev–Trinajstić information content (AvgIpc) is 2.42. The fourth-order valence-electron chi connectivity index (χ4n) is 2.59. The molecule has 0 radical (unpaired) electrons. The van der Waals surface area contributed by atoms with Crippen molar-refractivity contribution in [2.24, 2.45) is 5.92 Å². The monoisotopic (exact) mass is 311 g/mol. The van der Waals surface area contributed by atoms with Gasteiger partial charge in [-0.2, -0.15) is 0 Å². The summed E-state index contributed by atoms with van der Waals surface area (Å²) in [5.41, 5.74) is 1.92. The van der Waals surface area contributed by atoms with Gasteiger partial charge in [-0.05, 0) is 63.1 Å². The number of nitrogens with one attached hydrogen (secondary N) is 2. The van der Waals surface area contributed by atoms with Gasteiger partial charge >= 0.3 is 0 Å². The lowest BCUT2D eigenvalue weighted by Crippen LogP contribution is -2.40. The molecule has 1 aromatic rings. The zero-order chi connectivity index (χ0) is 14.5. The van der Waals surface area contributed by atoms with Crippen LogP contribution in [0, 0.1) is 12.8 Å². The molecule has 0 bridgehead atoms. The molecular formula is C15H22ClN3S. The van der Waals surface area contributed by atoms with Gasteiger partial charge < -0.3 is 15.5 Å². The number of benzene rings is 1. The molecule has 0 aliphatic carbocycles. The van der Waals surface area contributed by atoms with Crippen molar-refractivity contribution >= 4 is 34.6 Å². The van der Waals surface area contributed by atoms with Gasteiger partial charge in [0.15, 0.2) is 5.11 Å². The van der Waals surface area contributed by atoms with E-state index < -0.39 is 0 Å². The molecule has 20 heavy (non-hydrogen) atoms. The molecule has 1 heterocycles. The molecule has 0 saturated carbocycles. The first kappa shape index (κ1) is 15.5. The van der Waals surface area contributed by atoms with Gasteiger partial charge in [-0.25, -0.2) is 0 Å². The third-order valence-corrected chi connectivity index (χ3v) is 4.46. The fourth-order valence-corrected chi connectivity index (χ4v) is 2.95. The predicted molar refractivity (Wildman–Crippen MR) is 90.6 cm³/mol. The van der Waals surface area contributed by atoms with Crippen molar-refractivity contribution in [3.63, 3.8) is 0 Å². The highest BCUT2D eigenvalue weighted by molar-refractivity contribution is 7.80. The Balaban J connectivity index is 1.82. The average molecular weight is 312 g/mol. The van der Waals surface area contributed by atoms with Crippen LogP contribution in [0.5, 0.6) is 0 Å². The van der Waals surface area contributed by atoms with E-state index >= 15 is 0 Å². The Morgan fingerprint density at radius 2 is 2.30 bits per heavy atom. The number of aryl methyl sites for hydroxylation is 1. The zero-order valence-electron chi connectivity index (χ0n) is 12.1. The van der Waals surface area contributed by atoms with Crippen molar-refractivity contribution in [2.75, 3.05) is 32.0 Å². The van der Waals surface area contributed by atoms with Crippen LogP contribution in [0.15, 0.2) is 18.2 Å². The lowest BCUT2D eigenvalue weighted by molar-refractivity contribution is 0.211. The first-order chi connectivity index (χ1) is 9.56. The summed E-state index contributed by atoms with van der Waals surface area (Å²) in [5.74, 6) is 0.668. The van der Waals surface area contributed by atoms with Crippen LogP contribution < -0.4 is 10.6 Å². The molecule has 2 N–H and O–H groups in total. The van der Waals surface area contributed by atoms with Crippen molar-refractivity contribution < 1.29 is 0 Å². The Labute approximate surface area is 131 Å². The van der Waals surface area contributed by atoms with Crippen molar-refractivity contribution in [1.82, 2.24) is 10.2 Å². The van der Waals surface area contributed by atoms with E-state index in [1.807, 2.05) is 25.1 Å². The molecule has 2 rings (SSSR count). The molecule has 0 aromatic heterocycles. The van der Waals surface area contributed by atoms with Gasteiger partial charge in [0.1, 0.15) is 0 Å². The molecule has 0 spiro atoms. The van der Waals surface area contributed by atoms with E-state index in [0.717, 1.165) is 29.4 Å². The van der Waals surface area contributed by atoms with E-state index in [2.05, 4.69) is 22.6 Å². The second kappa shape index (κ2) is 7.25. The van der Waals surface area contributed by atoms with Crippen molar-refractivity contribution in [1.29, 1.82) is 0 Å². The van der Waals surface area contributed by atoms with E-state index in [1.54, 1.807) is 0 Å². The third-order valence-electron chi connectivity index (χ3n) is 3.71. The molecule has 1 fully saturated rings. The molecule has 5 heteroatoms. The van der Waals surface area contributed by atoms with Crippen LogP contribution in [0.3, 0.4) is 0 Å². The normalized spacial score (nSPS) is 19.6. The molecule has 3 nitrogen and oxygen atoms in total. The molecule has 110 valence electrons. The van der Waals surface area contributed by atoms with E-state index in [1.165, 1.54) is 19.4 Å². The Kier molecular flexibility index (Phi) is 5.64. The van der Waals surface area contributed by atoms with Crippen LogP contribution in [0.1, 0.15) is 18.4 Å². The molecule has 1 saturated heterocycles. The fraction of sp³-hybridized carbons (Fsp3) is 0.533. The topological polar surface area (TPSA) is 27.3 Å². The van der Waals surface area contributed by atoms with Crippen LogP contribution in [-0.4, -0.2) is 36.7 Å². The van der Waals surface area contributed by atoms with E-state index in [-0.39, 0.29) is 0 Å². The molecule has 0 unspecified atom stereocenters. The number of nitrogens with zero attached hydrogens (tertiary/aromatic N) is 1. The number of hydrogen-bond acceptors (Lipinski definition) is 2. The van der Waals surface area contributed by atoms with Gasteiger partial charge in [-0.15, -0.1) is 0 Å². The SMILES string of the molecule is Cc1cccc(NC(=S)NC[C@@H]2CCCN(C)C2)c1Cl. The molecule has 1 aliphatic heterocycles. The molecule has 0 amide bonds. The first-order valence-corrected chi connectivity index (χ1v) is 7.83. The summed E-state index contributed by atoms with van der Waals surface area (Å²) in [7, 11) is 2.18. The van der Waals surface area contributed by atoms with Crippen LogP contribution in [-0.2, 0) is 0 Å². The van der Waals surface area contributed by atoms with Gasteiger partial charge in [0, 0.05) is 13.1 Å². The van der Waals surface area contributed by atoms with Gasteiger partial charge in [0.05, 0.1) is 10.7 Å². The summed E-state index contributed by atoms with van der Waals surface area (Å²) in [6, 6.07) is 5.90. The van der Waals surface area contributed by atoms with Crippen LogP contribution in [0.25, 0.3) is 0 Å². The van der Waals surface area contributed by atoms with Crippen LogP contribution in [0.4, 0.5) is 5.69 Å².